The highest BCUT2D eigenvalue weighted by atomic mass is 79.9. The number of nitriles is 1. The largest absolute Gasteiger partial charge is 0.353 e. The summed E-state index contributed by atoms with van der Waals surface area (Å²) >= 11 is 6.91. The summed E-state index contributed by atoms with van der Waals surface area (Å²) in [5.41, 5.74) is 3.52. The number of benzene rings is 2. The molecular weight excluding hydrogens is 356 g/mol. The monoisotopic (exact) mass is 364 g/mol. The van der Waals surface area contributed by atoms with E-state index in [1.54, 1.807) is 6.07 Å². The molecule has 1 N–H and O–H groups in total. The Morgan fingerprint density at radius 2 is 1.83 bits per heavy atom. The van der Waals surface area contributed by atoms with Gasteiger partial charge in [-0.3, -0.25) is 0 Å². The van der Waals surface area contributed by atoms with Crippen molar-refractivity contribution < 1.29 is 0 Å². The lowest BCUT2D eigenvalue weighted by Crippen LogP contribution is -1.95. The van der Waals surface area contributed by atoms with Crippen LogP contribution in [0.4, 0.5) is 11.4 Å². The molecule has 2 aromatic carbocycles. The Bertz CT molecular complexity index is 630. The van der Waals surface area contributed by atoms with E-state index in [2.05, 4.69) is 43.2 Å². The first-order chi connectivity index (χ1) is 8.60. The lowest BCUT2D eigenvalue weighted by Gasteiger charge is -2.11. The molecule has 2 nitrogen and oxygen atoms in total. The SMILES string of the molecule is Cc1ccc(Br)c(Nc2cc(Br)ccc2C#N)c1. The van der Waals surface area contributed by atoms with E-state index in [0.29, 0.717) is 5.56 Å². The van der Waals surface area contributed by atoms with Crippen LogP contribution in [-0.4, -0.2) is 0 Å². The van der Waals surface area contributed by atoms with Crippen LogP contribution in [0.1, 0.15) is 11.1 Å². The van der Waals surface area contributed by atoms with Crippen molar-refractivity contribution in [3.05, 3.63) is 56.5 Å². The van der Waals surface area contributed by atoms with Crippen molar-refractivity contribution >= 4 is 43.2 Å². The second-order valence-corrected chi connectivity index (χ2v) is 5.68. The Hall–Kier alpha value is -1.31. The molecule has 0 amide bonds. The van der Waals surface area contributed by atoms with E-state index in [4.69, 9.17) is 5.26 Å². The van der Waals surface area contributed by atoms with Crippen LogP contribution < -0.4 is 5.32 Å². The quantitative estimate of drug-likeness (QED) is 0.800. The summed E-state index contributed by atoms with van der Waals surface area (Å²) in [6, 6.07) is 13.8. The maximum absolute atomic E-state index is 9.09. The van der Waals surface area contributed by atoms with Crippen molar-refractivity contribution in [3.63, 3.8) is 0 Å². The third-order valence-corrected chi connectivity index (χ3v) is 3.68. The van der Waals surface area contributed by atoms with Crippen molar-refractivity contribution in [2.75, 3.05) is 5.32 Å². The van der Waals surface area contributed by atoms with Gasteiger partial charge in [-0.15, -0.1) is 0 Å². The fourth-order valence-electron chi connectivity index (χ4n) is 1.60. The van der Waals surface area contributed by atoms with E-state index in [1.807, 2.05) is 37.3 Å². The average molecular weight is 366 g/mol. The van der Waals surface area contributed by atoms with Crippen LogP contribution in [0, 0.1) is 18.3 Å². The van der Waals surface area contributed by atoms with Gasteiger partial charge in [0.2, 0.25) is 0 Å². The zero-order valence-electron chi connectivity index (χ0n) is 9.67. The summed E-state index contributed by atoms with van der Waals surface area (Å²) in [7, 11) is 0. The van der Waals surface area contributed by atoms with Gasteiger partial charge < -0.3 is 5.32 Å². The minimum atomic E-state index is 0.617. The van der Waals surface area contributed by atoms with Gasteiger partial charge in [0, 0.05) is 8.95 Å². The molecule has 0 aliphatic rings. The van der Waals surface area contributed by atoms with Crippen LogP contribution >= 0.6 is 31.9 Å². The Kier molecular flexibility index (Phi) is 4.05. The molecule has 0 spiro atoms. The summed E-state index contributed by atoms with van der Waals surface area (Å²) < 4.78 is 1.91. The Labute approximate surface area is 123 Å². The van der Waals surface area contributed by atoms with Crippen LogP contribution in [-0.2, 0) is 0 Å². The average Bonchev–Trinajstić information content (AvgIpc) is 2.34. The summed E-state index contributed by atoms with van der Waals surface area (Å²) in [6.45, 7) is 2.03. The van der Waals surface area contributed by atoms with Crippen molar-refractivity contribution in [3.8, 4) is 6.07 Å². The predicted octanol–water partition coefficient (Wildman–Crippen LogP) is 5.14. The molecule has 18 heavy (non-hydrogen) atoms. The minimum Gasteiger partial charge on any atom is -0.353 e. The van der Waals surface area contributed by atoms with E-state index < -0.39 is 0 Å². The molecule has 0 radical (unpaired) electrons. The predicted molar refractivity (Wildman–Crippen MR) is 81.0 cm³/mol. The number of rotatable bonds is 2. The molecule has 0 saturated carbocycles. The van der Waals surface area contributed by atoms with Crippen LogP contribution in [0.5, 0.6) is 0 Å². The molecule has 2 rings (SSSR count). The van der Waals surface area contributed by atoms with Crippen LogP contribution in [0.15, 0.2) is 45.3 Å². The third-order valence-electron chi connectivity index (χ3n) is 2.49. The first kappa shape index (κ1) is 13.1. The standard InChI is InChI=1S/C14H10Br2N2/c1-9-2-5-12(16)14(6-9)18-13-7-11(15)4-3-10(13)8-17/h2-7,18H,1H3. The van der Waals surface area contributed by atoms with E-state index >= 15 is 0 Å². The van der Waals surface area contributed by atoms with Crippen molar-refractivity contribution in [1.29, 1.82) is 5.26 Å². The number of hydrogen-bond donors (Lipinski definition) is 1. The second kappa shape index (κ2) is 5.55. The number of hydrogen-bond acceptors (Lipinski definition) is 2. The molecule has 0 saturated heterocycles. The van der Waals surface area contributed by atoms with Gasteiger partial charge in [-0.25, -0.2) is 0 Å². The van der Waals surface area contributed by atoms with Crippen molar-refractivity contribution in [2.45, 2.75) is 6.92 Å². The number of halogens is 2. The van der Waals surface area contributed by atoms with Crippen molar-refractivity contribution in [2.24, 2.45) is 0 Å². The molecule has 0 atom stereocenters. The zero-order valence-corrected chi connectivity index (χ0v) is 12.8. The zero-order chi connectivity index (χ0) is 13.1. The summed E-state index contributed by atoms with van der Waals surface area (Å²) in [5.74, 6) is 0. The molecule has 0 fully saturated rings. The van der Waals surface area contributed by atoms with Crippen LogP contribution in [0.2, 0.25) is 0 Å². The molecule has 0 heterocycles. The number of nitrogens with zero attached hydrogens (tertiary/aromatic N) is 1. The Balaban J connectivity index is 2.43. The van der Waals surface area contributed by atoms with Gasteiger partial charge in [0.15, 0.2) is 0 Å². The maximum Gasteiger partial charge on any atom is 0.101 e. The van der Waals surface area contributed by atoms with E-state index in [9.17, 15) is 0 Å². The summed E-state index contributed by atoms with van der Waals surface area (Å²) in [5, 5.41) is 12.4. The van der Waals surface area contributed by atoms with Gasteiger partial charge in [-0.1, -0.05) is 22.0 Å². The van der Waals surface area contributed by atoms with E-state index in [1.165, 1.54) is 0 Å². The molecule has 0 unspecified atom stereocenters. The highest BCUT2D eigenvalue weighted by Gasteiger charge is 2.06. The van der Waals surface area contributed by atoms with Gasteiger partial charge >= 0.3 is 0 Å². The van der Waals surface area contributed by atoms with Gasteiger partial charge in [0.1, 0.15) is 6.07 Å². The number of nitrogens with one attached hydrogen (secondary N) is 1. The first-order valence-corrected chi connectivity index (χ1v) is 6.91. The minimum absolute atomic E-state index is 0.617. The fourth-order valence-corrected chi connectivity index (χ4v) is 2.30. The van der Waals surface area contributed by atoms with Crippen LogP contribution in [0.3, 0.4) is 0 Å². The van der Waals surface area contributed by atoms with Gasteiger partial charge in [0.25, 0.3) is 0 Å². The molecule has 0 aliphatic heterocycles. The Morgan fingerprint density at radius 3 is 2.56 bits per heavy atom. The molecular formula is C14H10Br2N2. The second-order valence-electron chi connectivity index (χ2n) is 3.91. The third kappa shape index (κ3) is 2.92. The maximum atomic E-state index is 9.09. The first-order valence-electron chi connectivity index (χ1n) is 5.33. The molecule has 90 valence electrons. The highest BCUT2D eigenvalue weighted by Crippen LogP contribution is 2.29. The topological polar surface area (TPSA) is 35.8 Å². The number of aryl methyl sites for hydroxylation is 1. The molecule has 0 aliphatic carbocycles. The lowest BCUT2D eigenvalue weighted by molar-refractivity contribution is 1.41. The van der Waals surface area contributed by atoms with Crippen LogP contribution in [0.25, 0.3) is 0 Å². The fraction of sp³-hybridized carbons (Fsp3) is 0.0714. The van der Waals surface area contributed by atoms with E-state index in [-0.39, 0.29) is 0 Å². The summed E-state index contributed by atoms with van der Waals surface area (Å²) in [4.78, 5) is 0. The lowest BCUT2D eigenvalue weighted by atomic mass is 10.1. The van der Waals surface area contributed by atoms with Gasteiger partial charge in [0.05, 0.1) is 16.9 Å². The Morgan fingerprint density at radius 1 is 1.06 bits per heavy atom. The molecule has 0 aromatic heterocycles. The van der Waals surface area contributed by atoms with Gasteiger partial charge in [-0.2, -0.15) is 5.26 Å². The molecule has 0 bridgehead atoms. The molecule has 2 aromatic rings. The molecule has 4 heteroatoms. The highest BCUT2D eigenvalue weighted by molar-refractivity contribution is 9.10. The number of anilines is 2. The van der Waals surface area contributed by atoms with E-state index in [0.717, 1.165) is 25.9 Å². The normalized spacial score (nSPS) is 9.89. The van der Waals surface area contributed by atoms with Gasteiger partial charge in [-0.05, 0) is 58.7 Å². The smallest absolute Gasteiger partial charge is 0.101 e. The summed E-state index contributed by atoms with van der Waals surface area (Å²) in [6.07, 6.45) is 0. The van der Waals surface area contributed by atoms with Crippen molar-refractivity contribution in [1.82, 2.24) is 0 Å².